The van der Waals surface area contributed by atoms with Crippen LogP contribution in [-0.4, -0.2) is 36.4 Å². The molecule has 1 aliphatic rings. The summed E-state index contributed by atoms with van der Waals surface area (Å²) in [6.07, 6.45) is 2.18. The average Bonchev–Trinajstić information content (AvgIpc) is 3.07. The summed E-state index contributed by atoms with van der Waals surface area (Å²) in [5, 5.41) is 15.1. The molecule has 0 aliphatic carbocycles. The molecule has 0 spiro atoms. The zero-order valence-corrected chi connectivity index (χ0v) is 12.4. The van der Waals surface area contributed by atoms with Gasteiger partial charge in [0, 0.05) is 12.6 Å². The van der Waals surface area contributed by atoms with Crippen LogP contribution in [0.25, 0.3) is 0 Å². The van der Waals surface area contributed by atoms with Crippen LogP contribution >= 0.6 is 0 Å². The van der Waals surface area contributed by atoms with Crippen LogP contribution in [0.15, 0.2) is 16.9 Å². The van der Waals surface area contributed by atoms with Crippen LogP contribution in [0.4, 0.5) is 0 Å². The molecule has 1 fully saturated rings. The van der Waals surface area contributed by atoms with E-state index in [4.69, 9.17) is 0 Å². The molecule has 112 valence electrons. The summed E-state index contributed by atoms with van der Waals surface area (Å²) in [7, 11) is 0. The number of aromatic amines is 1. The predicted octanol–water partition coefficient (Wildman–Crippen LogP) is 1.03. The molecule has 0 radical (unpaired) electrons. The molecule has 1 atom stereocenters. The van der Waals surface area contributed by atoms with Gasteiger partial charge in [0.05, 0.1) is 18.3 Å². The van der Waals surface area contributed by atoms with E-state index in [2.05, 4.69) is 36.8 Å². The topological polar surface area (TPSA) is 79.7 Å². The number of aromatic nitrogens is 5. The van der Waals surface area contributed by atoms with Crippen molar-refractivity contribution in [3.05, 3.63) is 39.8 Å². The van der Waals surface area contributed by atoms with Gasteiger partial charge in [-0.2, -0.15) is 5.10 Å². The number of H-pyrrole nitrogens is 1. The van der Waals surface area contributed by atoms with Gasteiger partial charge in [0.15, 0.2) is 0 Å². The second-order valence-electron chi connectivity index (χ2n) is 5.38. The van der Waals surface area contributed by atoms with Crippen molar-refractivity contribution in [1.29, 1.82) is 0 Å². The first-order chi connectivity index (χ1) is 10.2. The van der Waals surface area contributed by atoms with E-state index in [1.54, 1.807) is 0 Å². The zero-order chi connectivity index (χ0) is 14.8. The van der Waals surface area contributed by atoms with E-state index in [0.717, 1.165) is 49.8 Å². The average molecular weight is 288 g/mol. The highest BCUT2D eigenvalue weighted by atomic mass is 16.1. The Morgan fingerprint density at radius 3 is 2.95 bits per heavy atom. The highest BCUT2D eigenvalue weighted by Gasteiger charge is 2.28. The number of aryl methyl sites for hydroxylation is 1. The molecule has 7 nitrogen and oxygen atoms in total. The fourth-order valence-electron chi connectivity index (χ4n) is 3.03. The van der Waals surface area contributed by atoms with Crippen LogP contribution in [0.1, 0.15) is 43.1 Å². The van der Waals surface area contributed by atoms with Gasteiger partial charge in [0.25, 0.3) is 5.56 Å². The van der Waals surface area contributed by atoms with Gasteiger partial charge in [-0.1, -0.05) is 0 Å². The van der Waals surface area contributed by atoms with E-state index in [0.29, 0.717) is 0 Å². The lowest BCUT2D eigenvalue weighted by Gasteiger charge is -2.23. The quantitative estimate of drug-likeness (QED) is 0.909. The van der Waals surface area contributed by atoms with E-state index >= 15 is 0 Å². The number of hydrogen-bond acceptors (Lipinski definition) is 5. The van der Waals surface area contributed by atoms with Crippen molar-refractivity contribution >= 4 is 0 Å². The number of nitrogens with one attached hydrogen (secondary N) is 1. The fraction of sp³-hybridized carbons (Fsp3) is 0.571. The normalized spacial score (nSPS) is 19.2. The third-order valence-electron chi connectivity index (χ3n) is 4.08. The smallest absolute Gasteiger partial charge is 0.264 e. The Bertz CT molecular complexity index is 656. The lowest BCUT2D eigenvalue weighted by atomic mass is 10.1. The number of rotatable bonds is 4. The van der Waals surface area contributed by atoms with Crippen molar-refractivity contribution in [2.75, 3.05) is 6.54 Å². The van der Waals surface area contributed by atoms with Gasteiger partial charge in [-0.3, -0.25) is 9.69 Å². The van der Waals surface area contributed by atoms with Gasteiger partial charge in [-0.25, -0.2) is 5.10 Å². The number of hydrogen-bond donors (Lipinski definition) is 1. The van der Waals surface area contributed by atoms with Crippen molar-refractivity contribution in [3.63, 3.8) is 0 Å². The molecule has 1 aliphatic heterocycles. The molecule has 1 unspecified atom stereocenters. The molecule has 3 rings (SSSR count). The summed E-state index contributed by atoms with van der Waals surface area (Å²) < 4.78 is 2.13. The Morgan fingerprint density at radius 2 is 2.24 bits per heavy atom. The van der Waals surface area contributed by atoms with Crippen LogP contribution < -0.4 is 5.56 Å². The molecule has 1 N–H and O–H groups in total. The Hall–Kier alpha value is -2.02. The van der Waals surface area contributed by atoms with Crippen molar-refractivity contribution in [1.82, 2.24) is 29.9 Å². The summed E-state index contributed by atoms with van der Waals surface area (Å²) in [6, 6.07) is 3.60. The lowest BCUT2D eigenvalue weighted by molar-refractivity contribution is 0.233. The van der Waals surface area contributed by atoms with Crippen LogP contribution in [0.3, 0.4) is 0 Å². The maximum atomic E-state index is 11.1. The maximum Gasteiger partial charge on any atom is 0.264 e. The molecule has 1 saturated heterocycles. The minimum Gasteiger partial charge on any atom is -0.314 e. The molecular weight excluding hydrogens is 268 g/mol. The van der Waals surface area contributed by atoms with E-state index < -0.39 is 0 Å². The molecule has 0 bridgehead atoms. The predicted molar refractivity (Wildman–Crippen MR) is 77.7 cm³/mol. The summed E-state index contributed by atoms with van der Waals surface area (Å²) in [5.74, 6) is 1.94. The van der Waals surface area contributed by atoms with Gasteiger partial charge >= 0.3 is 0 Å². The molecule has 0 amide bonds. The van der Waals surface area contributed by atoms with E-state index in [9.17, 15) is 4.79 Å². The first-order valence-corrected chi connectivity index (χ1v) is 7.37. The first kappa shape index (κ1) is 13.9. The fourth-order valence-corrected chi connectivity index (χ4v) is 3.03. The van der Waals surface area contributed by atoms with Gasteiger partial charge in [-0.05, 0) is 39.3 Å². The van der Waals surface area contributed by atoms with Gasteiger partial charge < -0.3 is 4.57 Å². The second kappa shape index (κ2) is 5.77. The standard InChI is InChI=1S/C14H20N6O/c1-3-20-10(2)15-17-13(20)9-19-8-4-5-12(19)11-6-7-14(21)18-16-11/h6-7,12H,3-5,8-9H2,1-2H3,(H,18,21). The molecular formula is C14H20N6O. The number of nitrogens with zero attached hydrogens (tertiary/aromatic N) is 5. The number of likely N-dealkylation sites (tertiary alicyclic amines) is 1. The highest BCUT2D eigenvalue weighted by molar-refractivity contribution is 5.08. The third kappa shape index (κ3) is 2.73. The molecule has 2 aromatic heterocycles. The summed E-state index contributed by atoms with van der Waals surface area (Å²) in [5.41, 5.74) is 0.760. The van der Waals surface area contributed by atoms with Crippen LogP contribution in [-0.2, 0) is 13.1 Å². The molecule has 2 aromatic rings. The second-order valence-corrected chi connectivity index (χ2v) is 5.38. The summed E-state index contributed by atoms with van der Waals surface area (Å²) in [4.78, 5) is 13.5. The van der Waals surface area contributed by atoms with E-state index in [-0.39, 0.29) is 11.6 Å². The minimum absolute atomic E-state index is 0.162. The summed E-state index contributed by atoms with van der Waals surface area (Å²) >= 11 is 0. The Kier molecular flexibility index (Phi) is 3.83. The monoisotopic (exact) mass is 288 g/mol. The SMILES string of the molecule is CCn1c(C)nnc1CN1CCCC1c1ccc(=O)[nH]n1. The third-order valence-corrected chi connectivity index (χ3v) is 4.08. The highest BCUT2D eigenvalue weighted by Crippen LogP contribution is 2.31. The van der Waals surface area contributed by atoms with E-state index in [1.165, 1.54) is 6.07 Å². The largest absolute Gasteiger partial charge is 0.314 e. The lowest BCUT2D eigenvalue weighted by Crippen LogP contribution is -2.26. The first-order valence-electron chi connectivity index (χ1n) is 7.37. The Morgan fingerprint density at radius 1 is 1.38 bits per heavy atom. The summed E-state index contributed by atoms with van der Waals surface area (Å²) in [6.45, 7) is 6.74. The Balaban J connectivity index is 1.81. The molecule has 0 saturated carbocycles. The van der Waals surface area contributed by atoms with Crippen molar-refractivity contribution < 1.29 is 0 Å². The molecule has 21 heavy (non-hydrogen) atoms. The minimum atomic E-state index is -0.162. The van der Waals surface area contributed by atoms with Crippen molar-refractivity contribution in [2.24, 2.45) is 0 Å². The Labute approximate surface area is 123 Å². The zero-order valence-electron chi connectivity index (χ0n) is 12.4. The van der Waals surface area contributed by atoms with Crippen molar-refractivity contribution in [3.8, 4) is 0 Å². The molecule has 0 aromatic carbocycles. The van der Waals surface area contributed by atoms with Crippen LogP contribution in [0.5, 0.6) is 0 Å². The van der Waals surface area contributed by atoms with Crippen molar-refractivity contribution in [2.45, 2.75) is 45.8 Å². The molecule has 3 heterocycles. The molecule has 7 heteroatoms. The van der Waals surface area contributed by atoms with Gasteiger partial charge in [-0.15, -0.1) is 10.2 Å². The maximum absolute atomic E-state index is 11.1. The van der Waals surface area contributed by atoms with Crippen LogP contribution in [0, 0.1) is 6.92 Å². The van der Waals surface area contributed by atoms with E-state index in [1.807, 2.05) is 13.0 Å². The van der Waals surface area contributed by atoms with Crippen LogP contribution in [0.2, 0.25) is 0 Å². The van der Waals surface area contributed by atoms with Gasteiger partial charge in [0.2, 0.25) is 0 Å². The van der Waals surface area contributed by atoms with Gasteiger partial charge in [0.1, 0.15) is 11.6 Å².